The van der Waals surface area contributed by atoms with Crippen molar-refractivity contribution < 1.29 is 13.5 Å². The molecule has 1 aromatic rings. The van der Waals surface area contributed by atoms with Crippen molar-refractivity contribution in [2.45, 2.75) is 11.8 Å². The van der Waals surface area contributed by atoms with Crippen LogP contribution in [-0.4, -0.2) is 19.3 Å². The summed E-state index contributed by atoms with van der Waals surface area (Å²) in [6.07, 6.45) is 0. The highest BCUT2D eigenvalue weighted by Gasteiger charge is 2.17. The quantitative estimate of drug-likeness (QED) is 0.828. The molecule has 0 saturated carbocycles. The molecule has 3 nitrogen and oxygen atoms in total. The summed E-state index contributed by atoms with van der Waals surface area (Å²) in [6, 6.07) is 4.26. The monoisotopic (exact) mass is 220 g/mol. The Labute approximate surface area is 81.9 Å². The van der Waals surface area contributed by atoms with Crippen LogP contribution in [0.25, 0.3) is 0 Å². The van der Waals surface area contributed by atoms with Gasteiger partial charge in [0.2, 0.25) is 0 Å². The van der Waals surface area contributed by atoms with Crippen LogP contribution in [-0.2, 0) is 9.84 Å². The maximum absolute atomic E-state index is 11.4. The van der Waals surface area contributed by atoms with Crippen molar-refractivity contribution in [3.8, 4) is 5.75 Å². The molecule has 1 N–H and O–H groups in total. The normalized spacial score (nSPS) is 11.5. The van der Waals surface area contributed by atoms with Gasteiger partial charge in [0, 0.05) is 0 Å². The molecule has 0 bridgehead atoms. The number of hydrogen-bond donors (Lipinski definition) is 1. The molecule has 0 fully saturated rings. The summed E-state index contributed by atoms with van der Waals surface area (Å²) in [6.45, 7) is 1.51. The molecular weight excluding hydrogens is 212 g/mol. The van der Waals surface area contributed by atoms with Gasteiger partial charge in [-0.3, -0.25) is 0 Å². The minimum Gasteiger partial charge on any atom is -0.505 e. The van der Waals surface area contributed by atoms with E-state index < -0.39 is 9.84 Å². The largest absolute Gasteiger partial charge is 0.505 e. The molecule has 72 valence electrons. The van der Waals surface area contributed by atoms with E-state index in [0.29, 0.717) is 0 Å². The molecule has 0 atom stereocenters. The molecule has 1 aromatic carbocycles. The topological polar surface area (TPSA) is 54.4 Å². The molecule has 5 heteroatoms. The molecule has 0 aliphatic rings. The molecule has 0 heterocycles. The molecule has 0 radical (unpaired) electrons. The molecule has 1 rings (SSSR count). The van der Waals surface area contributed by atoms with Crippen molar-refractivity contribution in [1.29, 1.82) is 0 Å². The van der Waals surface area contributed by atoms with Crippen molar-refractivity contribution >= 4 is 21.4 Å². The molecule has 0 amide bonds. The molecule has 0 saturated heterocycles. The highest BCUT2D eigenvalue weighted by atomic mass is 35.5. The van der Waals surface area contributed by atoms with Gasteiger partial charge in [-0.25, -0.2) is 8.42 Å². The Kier molecular flexibility index (Phi) is 2.83. The van der Waals surface area contributed by atoms with E-state index in [-0.39, 0.29) is 21.4 Å². The minimum atomic E-state index is -3.39. The zero-order valence-electron chi connectivity index (χ0n) is 6.99. The highest BCUT2D eigenvalue weighted by molar-refractivity contribution is 7.91. The third-order valence-electron chi connectivity index (χ3n) is 1.66. The number of hydrogen-bond acceptors (Lipinski definition) is 3. The molecule has 0 spiro atoms. The molecule has 0 unspecified atom stereocenters. The van der Waals surface area contributed by atoms with Crippen molar-refractivity contribution in [3.63, 3.8) is 0 Å². The fraction of sp³-hybridized carbons (Fsp3) is 0.250. The van der Waals surface area contributed by atoms with Crippen molar-refractivity contribution in [1.82, 2.24) is 0 Å². The Balaban J connectivity index is 3.40. The Morgan fingerprint density at radius 2 is 2.08 bits per heavy atom. The highest BCUT2D eigenvalue weighted by Crippen LogP contribution is 2.30. The fourth-order valence-corrected chi connectivity index (χ4v) is 2.13. The number of phenolic OH excluding ortho intramolecular Hbond substituents is 1. The van der Waals surface area contributed by atoms with Gasteiger partial charge in [-0.15, -0.1) is 0 Å². The van der Waals surface area contributed by atoms with Crippen molar-refractivity contribution in [2.75, 3.05) is 5.75 Å². The van der Waals surface area contributed by atoms with Crippen LogP contribution in [0, 0.1) is 0 Å². The van der Waals surface area contributed by atoms with Crippen LogP contribution < -0.4 is 0 Å². The Morgan fingerprint density at radius 3 is 2.62 bits per heavy atom. The number of benzene rings is 1. The van der Waals surface area contributed by atoms with Crippen LogP contribution in [0.5, 0.6) is 5.75 Å². The first kappa shape index (κ1) is 10.3. The minimum absolute atomic E-state index is 0.0505. The second kappa shape index (κ2) is 3.55. The Bertz CT molecular complexity index is 411. The van der Waals surface area contributed by atoms with Crippen LogP contribution in [0.3, 0.4) is 0 Å². The van der Waals surface area contributed by atoms with Crippen LogP contribution in [0.15, 0.2) is 23.1 Å². The van der Waals surface area contributed by atoms with E-state index in [2.05, 4.69) is 0 Å². The van der Waals surface area contributed by atoms with Gasteiger partial charge < -0.3 is 5.11 Å². The summed E-state index contributed by atoms with van der Waals surface area (Å²) in [4.78, 5) is -0.109. The third kappa shape index (κ3) is 1.95. The first-order valence-electron chi connectivity index (χ1n) is 3.69. The number of aromatic hydroxyl groups is 1. The number of phenols is 1. The fourth-order valence-electron chi connectivity index (χ4n) is 0.902. The smallest absolute Gasteiger partial charge is 0.181 e. The summed E-state index contributed by atoms with van der Waals surface area (Å²) in [5, 5.41) is 9.40. The van der Waals surface area contributed by atoms with E-state index in [1.54, 1.807) is 0 Å². The molecule has 0 aromatic heterocycles. The summed E-state index contributed by atoms with van der Waals surface area (Å²) >= 11 is 5.56. The van der Waals surface area contributed by atoms with E-state index in [9.17, 15) is 13.5 Å². The van der Waals surface area contributed by atoms with Crippen LogP contribution in [0.4, 0.5) is 0 Å². The van der Waals surface area contributed by atoms with Gasteiger partial charge in [0.15, 0.2) is 15.6 Å². The number of sulfone groups is 1. The molecular formula is C8H9ClO3S. The van der Waals surface area contributed by atoms with E-state index in [4.69, 9.17) is 11.6 Å². The SMILES string of the molecule is CCS(=O)(=O)c1cccc(Cl)c1O. The van der Waals surface area contributed by atoms with Crippen LogP contribution in [0.1, 0.15) is 6.92 Å². The summed E-state index contributed by atoms with van der Waals surface area (Å²) in [7, 11) is -3.39. The lowest BCUT2D eigenvalue weighted by Gasteiger charge is -2.04. The zero-order valence-corrected chi connectivity index (χ0v) is 8.56. The van der Waals surface area contributed by atoms with Gasteiger partial charge in [-0.1, -0.05) is 24.6 Å². The summed E-state index contributed by atoms with van der Waals surface area (Å²) in [5.41, 5.74) is 0. The maximum Gasteiger partial charge on any atom is 0.181 e. The second-order valence-corrected chi connectivity index (χ2v) is 5.14. The predicted molar refractivity (Wildman–Crippen MR) is 50.8 cm³/mol. The summed E-state index contributed by atoms with van der Waals surface area (Å²) in [5.74, 6) is -0.424. The van der Waals surface area contributed by atoms with Gasteiger partial charge in [-0.2, -0.15) is 0 Å². The van der Waals surface area contributed by atoms with E-state index in [0.717, 1.165) is 0 Å². The average Bonchev–Trinajstić information content (AvgIpc) is 2.09. The lowest BCUT2D eigenvalue weighted by Crippen LogP contribution is -2.03. The number of halogens is 1. The first-order valence-corrected chi connectivity index (χ1v) is 5.72. The third-order valence-corrected chi connectivity index (χ3v) is 3.73. The van der Waals surface area contributed by atoms with E-state index in [1.165, 1.54) is 25.1 Å². The molecule has 0 aliphatic carbocycles. The standard InChI is InChI=1S/C8H9ClO3S/c1-2-13(11,12)7-5-3-4-6(9)8(7)10/h3-5,10H,2H2,1H3. The predicted octanol–water partition coefficient (Wildman–Crippen LogP) is 1.84. The van der Waals surface area contributed by atoms with Gasteiger partial charge >= 0.3 is 0 Å². The van der Waals surface area contributed by atoms with E-state index >= 15 is 0 Å². The second-order valence-electron chi connectivity index (χ2n) is 2.49. The van der Waals surface area contributed by atoms with Crippen molar-refractivity contribution in [3.05, 3.63) is 23.2 Å². The lowest BCUT2D eigenvalue weighted by atomic mass is 10.3. The van der Waals surface area contributed by atoms with Crippen molar-refractivity contribution in [2.24, 2.45) is 0 Å². The van der Waals surface area contributed by atoms with Crippen LogP contribution in [0.2, 0.25) is 5.02 Å². The zero-order chi connectivity index (χ0) is 10.1. The first-order chi connectivity index (χ1) is 5.99. The van der Waals surface area contributed by atoms with Gasteiger partial charge in [0.1, 0.15) is 4.90 Å². The maximum atomic E-state index is 11.4. The Hall–Kier alpha value is -0.740. The lowest BCUT2D eigenvalue weighted by molar-refractivity contribution is 0.459. The number of para-hydroxylation sites is 1. The number of rotatable bonds is 2. The molecule has 13 heavy (non-hydrogen) atoms. The summed E-state index contributed by atoms with van der Waals surface area (Å²) < 4.78 is 22.7. The van der Waals surface area contributed by atoms with Gasteiger partial charge in [0.25, 0.3) is 0 Å². The van der Waals surface area contributed by atoms with Gasteiger partial charge in [-0.05, 0) is 12.1 Å². The Morgan fingerprint density at radius 1 is 1.46 bits per heavy atom. The van der Waals surface area contributed by atoms with Gasteiger partial charge in [0.05, 0.1) is 10.8 Å². The van der Waals surface area contributed by atoms with E-state index in [1.807, 2.05) is 0 Å². The van der Waals surface area contributed by atoms with Crippen LogP contribution >= 0.6 is 11.6 Å². The molecule has 0 aliphatic heterocycles. The average molecular weight is 221 g/mol.